The van der Waals surface area contributed by atoms with E-state index in [1.54, 1.807) is 86.5 Å². The molecule has 0 radical (unpaired) electrons. The monoisotopic (exact) mass is 440 g/mol. The van der Waals surface area contributed by atoms with Crippen molar-refractivity contribution in [1.29, 1.82) is 0 Å². The number of rotatable bonds is 11. The van der Waals surface area contributed by atoms with E-state index < -0.39 is 11.9 Å². The number of likely N-dealkylation sites (N-methyl/N-ethyl adjacent to an activating group) is 2. The van der Waals surface area contributed by atoms with E-state index in [2.05, 4.69) is 20.7 Å². The minimum Gasteiger partial charge on any atom is -0.462 e. The van der Waals surface area contributed by atoms with E-state index in [-0.39, 0.29) is 13.2 Å². The van der Waals surface area contributed by atoms with E-state index in [9.17, 15) is 9.59 Å². The Morgan fingerprint density at radius 3 is 1.47 bits per heavy atom. The lowest BCUT2D eigenvalue weighted by Gasteiger charge is -2.16. The molecule has 2 rings (SSSR count). The molecule has 2 aromatic rings. The number of hydrogen-bond acceptors (Lipinski definition) is 8. The van der Waals surface area contributed by atoms with Gasteiger partial charge in [0.25, 0.3) is 0 Å². The third-order valence-electron chi connectivity index (χ3n) is 4.16. The van der Waals surface area contributed by atoms with Crippen molar-refractivity contribution in [1.82, 2.24) is 10.0 Å². The number of carbonyl (C=O) groups is 2. The lowest BCUT2D eigenvalue weighted by Crippen LogP contribution is -2.24. The van der Waals surface area contributed by atoms with Gasteiger partial charge in [0.1, 0.15) is 11.4 Å². The molecule has 0 saturated carbocycles. The number of carbonyl (C=O) groups excluding carboxylic acids is 2. The first kappa shape index (κ1) is 24.4. The number of esters is 2. The van der Waals surface area contributed by atoms with Crippen LogP contribution in [-0.4, -0.2) is 62.4 Å². The molecular weight excluding hydrogens is 412 g/mol. The third-order valence-corrected chi connectivity index (χ3v) is 4.16. The van der Waals surface area contributed by atoms with Gasteiger partial charge in [-0.2, -0.15) is 0 Å². The van der Waals surface area contributed by atoms with E-state index in [0.717, 1.165) is 0 Å². The molecular formula is C22H28N6O4. The van der Waals surface area contributed by atoms with Crippen molar-refractivity contribution in [3.63, 3.8) is 0 Å². The highest BCUT2D eigenvalue weighted by atomic mass is 16.5. The van der Waals surface area contributed by atoms with Gasteiger partial charge >= 0.3 is 11.9 Å². The number of nitrogens with zero attached hydrogens (tertiary/aromatic N) is 6. The summed E-state index contributed by atoms with van der Waals surface area (Å²) >= 11 is 0. The van der Waals surface area contributed by atoms with Crippen molar-refractivity contribution in [2.24, 2.45) is 20.7 Å². The van der Waals surface area contributed by atoms with Gasteiger partial charge in [0, 0.05) is 14.1 Å². The van der Waals surface area contributed by atoms with E-state index in [1.807, 2.05) is 0 Å². The molecule has 0 aromatic heterocycles. The second kappa shape index (κ2) is 12.8. The maximum Gasteiger partial charge on any atom is 0.340 e. The molecule has 0 atom stereocenters. The molecule has 0 N–H and O–H groups in total. The van der Waals surface area contributed by atoms with Gasteiger partial charge in [-0.15, -0.1) is 10.2 Å². The van der Waals surface area contributed by atoms with Crippen molar-refractivity contribution in [3.8, 4) is 0 Å². The summed E-state index contributed by atoms with van der Waals surface area (Å²) < 4.78 is 10.1. The largest absolute Gasteiger partial charge is 0.462 e. The van der Waals surface area contributed by atoms with Crippen LogP contribution < -0.4 is 0 Å². The van der Waals surface area contributed by atoms with Gasteiger partial charge in [0.15, 0.2) is 0 Å². The summed E-state index contributed by atoms with van der Waals surface area (Å²) in [7, 11) is 3.52. The zero-order chi connectivity index (χ0) is 23.3. The average molecular weight is 441 g/mol. The van der Waals surface area contributed by atoms with Crippen LogP contribution in [0.3, 0.4) is 0 Å². The van der Waals surface area contributed by atoms with Gasteiger partial charge in [-0.25, -0.2) is 9.59 Å². The Hall–Kier alpha value is -3.82. The molecule has 0 spiro atoms. The predicted octanol–water partition coefficient (Wildman–Crippen LogP) is 4.60. The highest BCUT2D eigenvalue weighted by molar-refractivity contribution is 5.95. The van der Waals surface area contributed by atoms with Gasteiger partial charge in [0.2, 0.25) is 0 Å². The van der Waals surface area contributed by atoms with Crippen LogP contribution in [0.2, 0.25) is 0 Å². The molecule has 170 valence electrons. The van der Waals surface area contributed by atoms with Crippen molar-refractivity contribution in [2.75, 3.05) is 40.4 Å². The fourth-order valence-corrected chi connectivity index (χ4v) is 2.51. The molecule has 0 fully saturated rings. The van der Waals surface area contributed by atoms with E-state index >= 15 is 0 Å². The Balaban J connectivity index is 1.94. The van der Waals surface area contributed by atoms with Crippen LogP contribution in [0.1, 0.15) is 34.6 Å². The van der Waals surface area contributed by atoms with Gasteiger partial charge in [-0.3, -0.25) is 10.0 Å². The minimum absolute atomic E-state index is 0.287. The van der Waals surface area contributed by atoms with Gasteiger partial charge < -0.3 is 9.47 Å². The molecule has 0 unspecified atom stereocenters. The topological polar surface area (TPSA) is 109 Å². The SMILES string of the molecule is CCOC(=O)c1ccccc1N=NN(C)CCN(C)N=Nc1ccccc1C(=O)OCC. The van der Waals surface area contributed by atoms with Crippen LogP contribution in [0.4, 0.5) is 11.4 Å². The molecule has 0 heterocycles. The molecule has 0 bridgehead atoms. The van der Waals surface area contributed by atoms with Gasteiger partial charge in [-0.1, -0.05) is 34.7 Å². The summed E-state index contributed by atoms with van der Waals surface area (Å²) in [4.78, 5) is 24.0. The number of hydrogen-bond donors (Lipinski definition) is 0. The standard InChI is InChI=1S/C22H28N6O4/c1-5-31-21(29)17-11-7-9-13-19(17)23-25-27(3)15-16-28(4)26-24-20-14-10-8-12-18(20)22(30)32-6-2/h7-14H,5-6,15-16H2,1-4H3. The van der Waals surface area contributed by atoms with Crippen molar-refractivity contribution < 1.29 is 19.1 Å². The van der Waals surface area contributed by atoms with Gasteiger partial charge in [0.05, 0.1) is 37.4 Å². The normalized spacial score (nSPS) is 11.0. The predicted molar refractivity (Wildman–Crippen MR) is 119 cm³/mol. The molecule has 0 aliphatic carbocycles. The summed E-state index contributed by atoms with van der Waals surface area (Å²) in [5, 5.41) is 19.8. The van der Waals surface area contributed by atoms with Gasteiger partial charge in [-0.05, 0) is 38.1 Å². The molecule has 10 heteroatoms. The maximum atomic E-state index is 12.0. The Kier molecular flexibility index (Phi) is 9.76. The molecule has 0 aliphatic rings. The van der Waals surface area contributed by atoms with E-state index in [1.165, 1.54) is 0 Å². The smallest absolute Gasteiger partial charge is 0.340 e. The summed E-state index contributed by atoms with van der Waals surface area (Å²) in [5.74, 6) is -0.874. The third kappa shape index (κ3) is 7.46. The van der Waals surface area contributed by atoms with E-state index in [4.69, 9.17) is 9.47 Å². The zero-order valence-electron chi connectivity index (χ0n) is 18.8. The highest BCUT2D eigenvalue weighted by Crippen LogP contribution is 2.21. The first-order chi connectivity index (χ1) is 15.5. The lowest BCUT2D eigenvalue weighted by atomic mass is 10.2. The Morgan fingerprint density at radius 1 is 0.719 bits per heavy atom. The summed E-state index contributed by atoms with van der Waals surface area (Å²) in [6, 6.07) is 13.7. The second-order valence-electron chi connectivity index (χ2n) is 6.62. The molecule has 0 aliphatic heterocycles. The summed E-state index contributed by atoms with van der Waals surface area (Å²) in [6.45, 7) is 5.07. The van der Waals surface area contributed by atoms with Crippen LogP contribution in [0, 0.1) is 0 Å². The van der Waals surface area contributed by atoms with Crippen LogP contribution in [-0.2, 0) is 9.47 Å². The highest BCUT2D eigenvalue weighted by Gasteiger charge is 2.12. The number of ether oxygens (including phenoxy) is 2. The molecule has 2 aromatic carbocycles. The van der Waals surface area contributed by atoms with Crippen molar-refractivity contribution in [3.05, 3.63) is 59.7 Å². The van der Waals surface area contributed by atoms with E-state index in [0.29, 0.717) is 35.6 Å². The molecule has 0 amide bonds. The summed E-state index contributed by atoms with van der Waals surface area (Å²) in [5.41, 5.74) is 1.58. The minimum atomic E-state index is -0.437. The fourth-order valence-electron chi connectivity index (χ4n) is 2.51. The Labute approximate surface area is 187 Å². The average Bonchev–Trinajstić information content (AvgIpc) is 2.80. The van der Waals surface area contributed by atoms with Crippen LogP contribution >= 0.6 is 0 Å². The first-order valence-electron chi connectivity index (χ1n) is 10.2. The van der Waals surface area contributed by atoms with Crippen LogP contribution in [0.15, 0.2) is 69.2 Å². The lowest BCUT2D eigenvalue weighted by molar-refractivity contribution is 0.0517. The quantitative estimate of drug-likeness (QED) is 0.287. The zero-order valence-corrected chi connectivity index (χ0v) is 18.8. The maximum absolute atomic E-state index is 12.0. The van der Waals surface area contributed by atoms with Crippen LogP contribution in [0.5, 0.6) is 0 Å². The second-order valence-corrected chi connectivity index (χ2v) is 6.62. The molecule has 0 saturated heterocycles. The first-order valence-corrected chi connectivity index (χ1v) is 10.2. The summed E-state index contributed by atoms with van der Waals surface area (Å²) in [6.07, 6.45) is 0. The van der Waals surface area contributed by atoms with Crippen molar-refractivity contribution >= 4 is 23.3 Å². The number of benzene rings is 2. The molecule has 32 heavy (non-hydrogen) atoms. The molecule has 10 nitrogen and oxygen atoms in total. The fraction of sp³-hybridized carbons (Fsp3) is 0.364. The van der Waals surface area contributed by atoms with Crippen molar-refractivity contribution in [2.45, 2.75) is 13.8 Å². The van der Waals surface area contributed by atoms with Crippen LogP contribution in [0.25, 0.3) is 0 Å². The Morgan fingerprint density at radius 2 is 1.09 bits per heavy atom. The Bertz CT molecular complexity index is 885.